The lowest BCUT2D eigenvalue weighted by Crippen LogP contribution is -2.33. The van der Waals surface area contributed by atoms with Crippen molar-refractivity contribution < 1.29 is 9.53 Å². The van der Waals surface area contributed by atoms with Gasteiger partial charge in [-0.2, -0.15) is 0 Å². The molecule has 134 valence electrons. The first-order valence-electron chi connectivity index (χ1n) is 8.44. The molecule has 2 aromatic rings. The molecular formula is C19H24ClN3O2. The maximum atomic E-state index is 12.5. The number of hydrogen-bond donors (Lipinski definition) is 1. The highest BCUT2D eigenvalue weighted by molar-refractivity contribution is 6.32. The van der Waals surface area contributed by atoms with Gasteiger partial charge in [0.1, 0.15) is 11.4 Å². The molecule has 1 heterocycles. The highest BCUT2D eigenvalue weighted by Gasteiger charge is 2.15. The van der Waals surface area contributed by atoms with E-state index in [1.54, 1.807) is 31.5 Å². The minimum Gasteiger partial charge on any atom is -0.495 e. The minimum absolute atomic E-state index is 0.0252. The lowest BCUT2D eigenvalue weighted by atomic mass is 10.2. The number of amides is 1. The largest absolute Gasteiger partial charge is 0.495 e. The summed E-state index contributed by atoms with van der Waals surface area (Å²) in [6.45, 7) is 5.63. The summed E-state index contributed by atoms with van der Waals surface area (Å²) >= 11 is 6.13. The van der Waals surface area contributed by atoms with Crippen molar-refractivity contribution in [1.29, 1.82) is 0 Å². The van der Waals surface area contributed by atoms with Gasteiger partial charge in [0.15, 0.2) is 0 Å². The quantitative estimate of drug-likeness (QED) is 0.737. The minimum atomic E-state index is -0.0252. The first-order valence-corrected chi connectivity index (χ1v) is 8.82. The van der Waals surface area contributed by atoms with Crippen molar-refractivity contribution >= 4 is 28.9 Å². The van der Waals surface area contributed by atoms with Gasteiger partial charge in [-0.15, -0.1) is 0 Å². The van der Waals surface area contributed by atoms with Gasteiger partial charge in [0.05, 0.1) is 24.0 Å². The van der Waals surface area contributed by atoms with E-state index in [-0.39, 0.29) is 5.91 Å². The number of aromatic nitrogens is 1. The van der Waals surface area contributed by atoms with Crippen molar-refractivity contribution in [3.8, 4) is 5.75 Å². The number of pyridine rings is 1. The third kappa shape index (κ3) is 5.10. The topological polar surface area (TPSA) is 54.5 Å². The molecule has 0 radical (unpaired) electrons. The van der Waals surface area contributed by atoms with Gasteiger partial charge < -0.3 is 15.0 Å². The molecule has 0 atom stereocenters. The Morgan fingerprint density at radius 3 is 2.36 bits per heavy atom. The van der Waals surface area contributed by atoms with Gasteiger partial charge in [0.2, 0.25) is 0 Å². The average molecular weight is 362 g/mol. The van der Waals surface area contributed by atoms with Crippen LogP contribution in [0.4, 0.5) is 11.4 Å². The first-order chi connectivity index (χ1) is 12.1. The summed E-state index contributed by atoms with van der Waals surface area (Å²) < 4.78 is 5.14. The fourth-order valence-electron chi connectivity index (χ4n) is 2.52. The van der Waals surface area contributed by atoms with E-state index in [0.717, 1.165) is 37.3 Å². The molecule has 2 rings (SSSR count). The van der Waals surface area contributed by atoms with Crippen LogP contribution < -0.4 is 10.1 Å². The van der Waals surface area contributed by atoms with E-state index in [4.69, 9.17) is 16.3 Å². The van der Waals surface area contributed by atoms with Crippen molar-refractivity contribution in [2.45, 2.75) is 26.7 Å². The zero-order valence-electron chi connectivity index (χ0n) is 14.9. The van der Waals surface area contributed by atoms with E-state index >= 15 is 0 Å². The summed E-state index contributed by atoms with van der Waals surface area (Å²) in [4.78, 5) is 18.7. The Labute approximate surface area is 154 Å². The maximum absolute atomic E-state index is 12.5. The van der Waals surface area contributed by atoms with Crippen LogP contribution in [0.2, 0.25) is 5.02 Å². The molecular weight excluding hydrogens is 338 g/mol. The molecule has 0 aliphatic heterocycles. The molecule has 1 N–H and O–H groups in total. The predicted molar refractivity (Wildman–Crippen MR) is 102 cm³/mol. The van der Waals surface area contributed by atoms with Gasteiger partial charge in [0, 0.05) is 18.8 Å². The van der Waals surface area contributed by atoms with Gasteiger partial charge >= 0.3 is 0 Å². The van der Waals surface area contributed by atoms with Crippen LogP contribution in [0.15, 0.2) is 36.5 Å². The Bertz CT molecular complexity index is 698. The molecule has 0 bridgehead atoms. The monoisotopic (exact) mass is 361 g/mol. The summed E-state index contributed by atoms with van der Waals surface area (Å²) in [7, 11) is 1.58. The van der Waals surface area contributed by atoms with Crippen LogP contribution in [0.1, 0.15) is 37.2 Å². The van der Waals surface area contributed by atoms with Gasteiger partial charge in [-0.25, -0.2) is 4.98 Å². The lowest BCUT2D eigenvalue weighted by molar-refractivity contribution is 0.0749. The van der Waals surface area contributed by atoms with E-state index in [1.165, 1.54) is 0 Å². The maximum Gasteiger partial charge on any atom is 0.272 e. The number of nitrogens with zero attached hydrogens (tertiary/aromatic N) is 2. The van der Waals surface area contributed by atoms with Gasteiger partial charge in [-0.1, -0.05) is 25.4 Å². The fourth-order valence-corrected chi connectivity index (χ4v) is 2.78. The third-order valence-electron chi connectivity index (χ3n) is 3.70. The number of benzene rings is 1. The average Bonchev–Trinajstić information content (AvgIpc) is 2.62. The number of methoxy groups -OCH3 is 1. The second-order valence-electron chi connectivity index (χ2n) is 5.70. The van der Waals surface area contributed by atoms with Crippen molar-refractivity contribution in [2.75, 3.05) is 25.5 Å². The van der Waals surface area contributed by atoms with Gasteiger partial charge in [-0.05, 0) is 43.2 Å². The second-order valence-corrected chi connectivity index (χ2v) is 6.11. The number of anilines is 2. The Hall–Kier alpha value is -2.27. The number of carbonyl (C=O) groups excluding carboxylic acids is 1. The van der Waals surface area contributed by atoms with E-state index in [1.807, 2.05) is 17.0 Å². The van der Waals surface area contributed by atoms with Crippen molar-refractivity contribution in [3.05, 3.63) is 47.2 Å². The Morgan fingerprint density at radius 1 is 1.16 bits per heavy atom. The van der Waals surface area contributed by atoms with Crippen LogP contribution in [0.3, 0.4) is 0 Å². The number of ether oxygens (including phenoxy) is 1. The molecule has 0 aliphatic carbocycles. The zero-order chi connectivity index (χ0) is 18.2. The normalized spacial score (nSPS) is 10.4. The highest BCUT2D eigenvalue weighted by atomic mass is 35.5. The Kier molecular flexibility index (Phi) is 7.07. The van der Waals surface area contributed by atoms with Gasteiger partial charge in [-0.3, -0.25) is 4.79 Å². The molecule has 1 aromatic heterocycles. The van der Waals surface area contributed by atoms with Crippen molar-refractivity contribution in [2.24, 2.45) is 0 Å². The van der Waals surface area contributed by atoms with Crippen LogP contribution in [0.5, 0.6) is 5.75 Å². The number of rotatable bonds is 8. The molecule has 0 unspecified atom stereocenters. The zero-order valence-corrected chi connectivity index (χ0v) is 15.6. The van der Waals surface area contributed by atoms with Crippen molar-refractivity contribution in [1.82, 2.24) is 9.88 Å². The van der Waals surface area contributed by atoms with Crippen LogP contribution in [0, 0.1) is 0 Å². The first kappa shape index (κ1) is 19.1. The van der Waals surface area contributed by atoms with Crippen molar-refractivity contribution in [3.63, 3.8) is 0 Å². The second kappa shape index (κ2) is 9.28. The third-order valence-corrected chi connectivity index (χ3v) is 3.99. The number of carbonyl (C=O) groups is 1. The summed E-state index contributed by atoms with van der Waals surface area (Å²) in [5.41, 5.74) is 2.07. The van der Waals surface area contributed by atoms with Crippen LogP contribution in [-0.2, 0) is 0 Å². The molecule has 0 fully saturated rings. The summed E-state index contributed by atoms with van der Waals surface area (Å²) in [5, 5.41) is 3.74. The molecule has 0 saturated carbocycles. The van der Waals surface area contributed by atoms with E-state index < -0.39 is 0 Å². The fraction of sp³-hybridized carbons (Fsp3) is 0.368. The molecule has 0 saturated heterocycles. The molecule has 5 nitrogen and oxygen atoms in total. The molecule has 1 amide bonds. The molecule has 0 spiro atoms. The summed E-state index contributed by atoms with van der Waals surface area (Å²) in [5.74, 6) is 0.598. The number of halogens is 1. The number of hydrogen-bond acceptors (Lipinski definition) is 4. The smallest absolute Gasteiger partial charge is 0.272 e. The van der Waals surface area contributed by atoms with Gasteiger partial charge in [0.25, 0.3) is 5.91 Å². The lowest BCUT2D eigenvalue weighted by Gasteiger charge is -2.21. The highest BCUT2D eigenvalue weighted by Crippen LogP contribution is 2.28. The van der Waals surface area contributed by atoms with Crippen LogP contribution in [0.25, 0.3) is 0 Å². The molecule has 25 heavy (non-hydrogen) atoms. The summed E-state index contributed by atoms with van der Waals surface area (Å²) in [6, 6.07) is 9.03. The van der Waals surface area contributed by atoms with E-state index in [9.17, 15) is 4.79 Å². The Morgan fingerprint density at radius 2 is 1.84 bits per heavy atom. The molecule has 1 aromatic carbocycles. The Balaban J connectivity index is 2.08. The number of nitrogens with one attached hydrogen (secondary N) is 1. The van der Waals surface area contributed by atoms with Crippen LogP contribution in [-0.4, -0.2) is 36.0 Å². The predicted octanol–water partition coefficient (Wildman–Crippen LogP) is 4.75. The molecule has 6 heteroatoms. The molecule has 0 aliphatic rings. The standard InChI is InChI=1S/C19H24ClN3O2/c1-4-10-23(11-5-2)19(24)17-8-6-15(13-21-17)22-14-7-9-18(25-3)16(20)12-14/h6-9,12-13,22H,4-5,10-11H2,1-3H3. The van der Waals surface area contributed by atoms with Crippen LogP contribution >= 0.6 is 11.6 Å². The van der Waals surface area contributed by atoms with E-state index in [2.05, 4.69) is 24.1 Å². The van der Waals surface area contributed by atoms with E-state index in [0.29, 0.717) is 16.5 Å². The summed E-state index contributed by atoms with van der Waals surface area (Å²) in [6.07, 6.45) is 3.52. The SMILES string of the molecule is CCCN(CCC)C(=O)c1ccc(Nc2ccc(OC)c(Cl)c2)cn1.